The third-order valence-electron chi connectivity index (χ3n) is 2.09. The fourth-order valence-corrected chi connectivity index (χ4v) is 1.99. The van der Waals surface area contributed by atoms with E-state index in [1.165, 1.54) is 0 Å². The average Bonchev–Trinajstić information content (AvgIpc) is 2.80. The number of hydrogen-bond acceptors (Lipinski definition) is 6. The molecule has 0 aromatic heterocycles. The molecule has 3 atom stereocenters. The maximum atomic E-state index is 11.0. The second-order valence-corrected chi connectivity index (χ2v) is 4.61. The molecule has 6 nitrogen and oxygen atoms in total. The topological polar surface area (TPSA) is 104 Å². The normalized spacial score (nSPS) is 26.3. The summed E-state index contributed by atoms with van der Waals surface area (Å²) >= 11 is 0. The van der Waals surface area contributed by atoms with Crippen LogP contribution in [-0.2, 0) is 19.6 Å². The molecule has 8 heteroatoms. The minimum atomic E-state index is -4.72. The van der Waals surface area contributed by atoms with Crippen LogP contribution in [0.1, 0.15) is 13.3 Å². The summed E-state index contributed by atoms with van der Waals surface area (Å²) in [6, 6.07) is 0. The van der Waals surface area contributed by atoms with Crippen LogP contribution in [0, 0.1) is 11.8 Å². The van der Waals surface area contributed by atoms with Gasteiger partial charge in [-0.1, -0.05) is 0 Å². The maximum Gasteiger partial charge on any atom is 1.00 e. The zero-order chi connectivity index (χ0) is 10.9. The Balaban J connectivity index is 0.00000196. The van der Waals surface area contributed by atoms with E-state index in [0.29, 0.717) is 0 Å². The second kappa shape index (κ2) is 5.60. The van der Waals surface area contributed by atoms with Gasteiger partial charge in [-0.05, 0) is 13.3 Å². The van der Waals surface area contributed by atoms with Crippen LogP contribution < -0.4 is 29.6 Å². The molecule has 1 saturated carbocycles. The van der Waals surface area contributed by atoms with Gasteiger partial charge in [0.1, 0.15) is 15.6 Å². The molecule has 0 spiro atoms. The molecule has 0 heterocycles. The summed E-state index contributed by atoms with van der Waals surface area (Å²) in [5, 5.41) is 9.00. The van der Waals surface area contributed by atoms with Crippen molar-refractivity contribution >= 4 is 16.1 Å². The molecule has 0 radical (unpaired) electrons. The SMILES string of the molecule is CCOC(=O)[C@H]1C[C@@H]1C(O)S(=O)(=O)[O-].[Na+]. The van der Waals surface area contributed by atoms with Crippen molar-refractivity contribution in [2.24, 2.45) is 11.8 Å². The Kier molecular flexibility index (Phi) is 5.73. The Hall–Kier alpha value is 0.340. The zero-order valence-electron chi connectivity index (χ0n) is 8.54. The third-order valence-corrected chi connectivity index (χ3v) is 3.03. The van der Waals surface area contributed by atoms with Crippen LogP contribution in [0.3, 0.4) is 0 Å². The van der Waals surface area contributed by atoms with Gasteiger partial charge in [-0.15, -0.1) is 0 Å². The Morgan fingerprint density at radius 3 is 2.60 bits per heavy atom. The molecule has 1 rings (SSSR count). The summed E-state index contributed by atoms with van der Waals surface area (Å²) < 4.78 is 35.8. The Labute approximate surface area is 110 Å². The van der Waals surface area contributed by atoms with Crippen molar-refractivity contribution in [2.45, 2.75) is 18.8 Å². The predicted octanol–water partition coefficient (Wildman–Crippen LogP) is -3.95. The van der Waals surface area contributed by atoms with Gasteiger partial charge < -0.3 is 14.4 Å². The van der Waals surface area contributed by atoms with E-state index >= 15 is 0 Å². The summed E-state index contributed by atoms with van der Waals surface area (Å²) in [4.78, 5) is 11.0. The molecule has 1 aliphatic rings. The predicted molar refractivity (Wildman–Crippen MR) is 43.9 cm³/mol. The van der Waals surface area contributed by atoms with Gasteiger partial charge in [0.25, 0.3) is 0 Å². The monoisotopic (exact) mass is 246 g/mol. The number of rotatable bonds is 4. The first kappa shape index (κ1) is 15.3. The van der Waals surface area contributed by atoms with Gasteiger partial charge in [0, 0.05) is 5.92 Å². The standard InChI is InChI=1S/C7H12O6S.Na/c1-2-13-6(8)4-3-5(4)7(9)14(10,11)12;/h4-5,7,9H,2-3H2,1H3,(H,10,11,12);/q;+1/p-1/t4-,5-,7?;/m0./s1. The molecular weight excluding hydrogens is 235 g/mol. The molecule has 15 heavy (non-hydrogen) atoms. The van der Waals surface area contributed by atoms with Crippen molar-refractivity contribution in [3.8, 4) is 0 Å². The van der Waals surface area contributed by atoms with E-state index in [4.69, 9.17) is 5.11 Å². The van der Waals surface area contributed by atoms with Crippen LogP contribution in [0.25, 0.3) is 0 Å². The number of ether oxygens (including phenoxy) is 1. The Morgan fingerprint density at radius 1 is 1.67 bits per heavy atom. The van der Waals surface area contributed by atoms with Crippen LogP contribution >= 0.6 is 0 Å². The maximum absolute atomic E-state index is 11.0. The quantitative estimate of drug-likeness (QED) is 0.308. The van der Waals surface area contributed by atoms with E-state index in [1.54, 1.807) is 6.92 Å². The fourth-order valence-electron chi connectivity index (χ4n) is 1.26. The van der Waals surface area contributed by atoms with Gasteiger partial charge in [0.2, 0.25) is 0 Å². The molecule has 1 unspecified atom stereocenters. The molecule has 0 aromatic carbocycles. The smallest absolute Gasteiger partial charge is 0.746 e. The van der Waals surface area contributed by atoms with E-state index in [2.05, 4.69) is 4.74 Å². The van der Waals surface area contributed by atoms with Crippen LogP contribution in [0.15, 0.2) is 0 Å². The Morgan fingerprint density at radius 2 is 2.20 bits per heavy atom. The first-order chi connectivity index (χ1) is 6.38. The van der Waals surface area contributed by atoms with Crippen molar-refractivity contribution in [3.63, 3.8) is 0 Å². The number of carbonyl (C=O) groups is 1. The van der Waals surface area contributed by atoms with Gasteiger partial charge >= 0.3 is 35.5 Å². The summed E-state index contributed by atoms with van der Waals surface area (Å²) in [5.41, 5.74) is -1.99. The van der Waals surface area contributed by atoms with Gasteiger partial charge in [-0.3, -0.25) is 4.79 Å². The molecule has 1 N–H and O–H groups in total. The number of aliphatic hydroxyl groups is 1. The van der Waals surface area contributed by atoms with Gasteiger partial charge in [-0.25, -0.2) is 8.42 Å². The molecule has 1 fully saturated rings. The number of esters is 1. The molecule has 0 aromatic rings. The van der Waals surface area contributed by atoms with Crippen molar-refractivity contribution in [2.75, 3.05) is 6.61 Å². The molecule has 0 amide bonds. The minimum absolute atomic E-state index is 0. The number of hydrogen-bond donors (Lipinski definition) is 1. The number of carbonyl (C=O) groups excluding carboxylic acids is 1. The third kappa shape index (κ3) is 4.01. The first-order valence-electron chi connectivity index (χ1n) is 4.17. The molecular formula is C7H11NaO6S. The van der Waals surface area contributed by atoms with E-state index in [9.17, 15) is 17.8 Å². The van der Waals surface area contributed by atoms with Crippen molar-refractivity contribution < 1.29 is 57.2 Å². The fraction of sp³-hybridized carbons (Fsp3) is 0.857. The molecule has 82 valence electrons. The largest absolute Gasteiger partial charge is 1.00 e. The molecule has 0 bridgehead atoms. The van der Waals surface area contributed by atoms with Crippen LogP contribution in [0.5, 0.6) is 0 Å². The van der Waals surface area contributed by atoms with E-state index < -0.39 is 33.4 Å². The van der Waals surface area contributed by atoms with Crippen LogP contribution in [0.4, 0.5) is 0 Å². The molecule has 1 aliphatic carbocycles. The molecule has 0 saturated heterocycles. The summed E-state index contributed by atoms with van der Waals surface area (Å²) in [6.45, 7) is 1.82. The van der Waals surface area contributed by atoms with E-state index in [1.807, 2.05) is 0 Å². The van der Waals surface area contributed by atoms with Gasteiger partial charge in [0.15, 0.2) is 0 Å². The summed E-state index contributed by atoms with van der Waals surface area (Å²) in [6.07, 6.45) is 0.196. The van der Waals surface area contributed by atoms with Crippen molar-refractivity contribution in [1.29, 1.82) is 0 Å². The average molecular weight is 246 g/mol. The van der Waals surface area contributed by atoms with E-state index in [0.717, 1.165) is 0 Å². The zero-order valence-corrected chi connectivity index (χ0v) is 11.4. The van der Waals surface area contributed by atoms with Crippen LogP contribution in [-0.4, -0.2) is 36.1 Å². The van der Waals surface area contributed by atoms with Crippen molar-refractivity contribution in [1.82, 2.24) is 0 Å². The van der Waals surface area contributed by atoms with Crippen LogP contribution in [0.2, 0.25) is 0 Å². The van der Waals surface area contributed by atoms with E-state index in [-0.39, 0.29) is 42.6 Å². The minimum Gasteiger partial charge on any atom is -0.746 e. The van der Waals surface area contributed by atoms with Gasteiger partial charge in [0.05, 0.1) is 12.5 Å². The summed E-state index contributed by atoms with van der Waals surface area (Å²) in [5.74, 6) is -1.99. The first-order valence-corrected chi connectivity index (χ1v) is 5.64. The summed E-state index contributed by atoms with van der Waals surface area (Å²) in [7, 11) is -4.72. The second-order valence-electron chi connectivity index (χ2n) is 3.14. The Bertz CT molecular complexity index is 326. The molecule has 0 aliphatic heterocycles. The van der Waals surface area contributed by atoms with Crippen molar-refractivity contribution in [3.05, 3.63) is 0 Å². The number of aliphatic hydroxyl groups excluding tert-OH is 1. The van der Waals surface area contributed by atoms with Gasteiger partial charge in [-0.2, -0.15) is 0 Å².